The van der Waals surface area contributed by atoms with E-state index in [1.54, 1.807) is 12.1 Å². The summed E-state index contributed by atoms with van der Waals surface area (Å²) >= 11 is 12.1. The smallest absolute Gasteiger partial charge is 0.0642 e. The lowest BCUT2D eigenvalue weighted by atomic mass is 10.1. The van der Waals surface area contributed by atoms with Crippen molar-refractivity contribution in [2.24, 2.45) is 0 Å². The van der Waals surface area contributed by atoms with Crippen molar-refractivity contribution in [2.75, 3.05) is 5.32 Å². The summed E-state index contributed by atoms with van der Waals surface area (Å²) in [7, 11) is 0. The molecule has 1 N–H and O–H groups in total. The molecule has 3 aromatic rings. The van der Waals surface area contributed by atoms with Crippen molar-refractivity contribution in [2.45, 2.75) is 0 Å². The molecule has 0 aliphatic carbocycles. The zero-order valence-corrected chi connectivity index (χ0v) is 11.5. The molecule has 3 aromatic carbocycles. The number of anilines is 2. The van der Waals surface area contributed by atoms with Crippen LogP contribution in [0.1, 0.15) is 0 Å². The maximum Gasteiger partial charge on any atom is 0.0642 e. The molecule has 3 rings (SSSR count). The molecule has 0 bridgehead atoms. The van der Waals surface area contributed by atoms with Gasteiger partial charge in [-0.3, -0.25) is 0 Å². The van der Waals surface area contributed by atoms with E-state index in [9.17, 15) is 0 Å². The highest BCUT2D eigenvalue weighted by molar-refractivity contribution is 6.35. The van der Waals surface area contributed by atoms with Crippen LogP contribution in [0.25, 0.3) is 10.8 Å². The molecule has 0 radical (unpaired) electrons. The fourth-order valence-corrected chi connectivity index (χ4v) is 2.35. The van der Waals surface area contributed by atoms with Gasteiger partial charge in [0.2, 0.25) is 0 Å². The number of nitrogens with one attached hydrogen (secondary N) is 1. The van der Waals surface area contributed by atoms with Gasteiger partial charge in [-0.2, -0.15) is 0 Å². The number of rotatable bonds is 2. The van der Waals surface area contributed by atoms with Gasteiger partial charge in [0.15, 0.2) is 0 Å². The van der Waals surface area contributed by atoms with Crippen LogP contribution in [-0.2, 0) is 0 Å². The highest BCUT2D eigenvalue weighted by atomic mass is 35.5. The molecule has 0 spiro atoms. The summed E-state index contributed by atoms with van der Waals surface area (Å²) in [6.07, 6.45) is 0. The van der Waals surface area contributed by atoms with Crippen molar-refractivity contribution >= 4 is 45.3 Å². The van der Waals surface area contributed by atoms with E-state index in [2.05, 4.69) is 29.6 Å². The van der Waals surface area contributed by atoms with Crippen LogP contribution in [0, 0.1) is 0 Å². The fraction of sp³-hybridized carbons (Fsp3) is 0. The molecule has 0 saturated carbocycles. The second-order valence-corrected chi connectivity index (χ2v) is 5.15. The summed E-state index contributed by atoms with van der Waals surface area (Å²) in [4.78, 5) is 0. The van der Waals surface area contributed by atoms with Crippen LogP contribution in [0.2, 0.25) is 10.0 Å². The van der Waals surface area contributed by atoms with Crippen LogP contribution < -0.4 is 5.32 Å². The van der Waals surface area contributed by atoms with E-state index < -0.39 is 0 Å². The quantitative estimate of drug-likeness (QED) is 0.620. The van der Waals surface area contributed by atoms with Gasteiger partial charge in [0.05, 0.1) is 10.7 Å². The van der Waals surface area contributed by atoms with Gasteiger partial charge in [-0.05, 0) is 41.1 Å². The third-order valence-corrected chi connectivity index (χ3v) is 3.52. The number of hydrogen-bond donors (Lipinski definition) is 1. The van der Waals surface area contributed by atoms with Crippen molar-refractivity contribution in [1.29, 1.82) is 0 Å². The summed E-state index contributed by atoms with van der Waals surface area (Å²) < 4.78 is 0. The molecule has 3 heteroatoms. The van der Waals surface area contributed by atoms with Crippen molar-refractivity contribution < 1.29 is 0 Å². The zero-order valence-electron chi connectivity index (χ0n) is 10.0. The molecule has 0 unspecified atom stereocenters. The number of halogens is 2. The first-order valence-corrected chi connectivity index (χ1v) is 6.69. The minimum atomic E-state index is 0.651. The summed E-state index contributed by atoms with van der Waals surface area (Å²) in [5.41, 5.74) is 1.80. The van der Waals surface area contributed by atoms with Gasteiger partial charge in [0, 0.05) is 10.7 Å². The van der Waals surface area contributed by atoms with Crippen LogP contribution in [0.3, 0.4) is 0 Å². The first kappa shape index (κ1) is 12.3. The molecular formula is C16H11Cl2N. The van der Waals surface area contributed by atoms with E-state index in [1.165, 1.54) is 10.8 Å². The van der Waals surface area contributed by atoms with Crippen LogP contribution in [0.15, 0.2) is 60.7 Å². The van der Waals surface area contributed by atoms with E-state index in [-0.39, 0.29) is 0 Å². The Morgan fingerprint density at radius 2 is 1.53 bits per heavy atom. The molecule has 19 heavy (non-hydrogen) atoms. The molecule has 94 valence electrons. The first-order chi connectivity index (χ1) is 9.22. The monoisotopic (exact) mass is 287 g/mol. The van der Waals surface area contributed by atoms with Gasteiger partial charge in [-0.25, -0.2) is 0 Å². The topological polar surface area (TPSA) is 12.0 Å². The largest absolute Gasteiger partial charge is 0.354 e. The van der Waals surface area contributed by atoms with Crippen molar-refractivity contribution in [3.05, 3.63) is 70.7 Å². The summed E-state index contributed by atoms with van der Waals surface area (Å²) in [6, 6.07) is 19.8. The predicted octanol–water partition coefficient (Wildman–Crippen LogP) is 5.89. The minimum absolute atomic E-state index is 0.651. The van der Waals surface area contributed by atoms with Crippen LogP contribution in [0.5, 0.6) is 0 Å². The Bertz CT molecular complexity index is 738. The standard InChI is InChI=1S/C16H11Cl2N/c17-13-6-8-15(18)16(10-13)19-14-7-5-11-3-1-2-4-12(11)9-14/h1-10,19H. The van der Waals surface area contributed by atoms with Gasteiger partial charge in [0.25, 0.3) is 0 Å². The molecule has 0 atom stereocenters. The summed E-state index contributed by atoms with van der Waals surface area (Å²) in [5, 5.41) is 7.00. The Kier molecular flexibility index (Phi) is 3.33. The summed E-state index contributed by atoms with van der Waals surface area (Å²) in [6.45, 7) is 0. The average Bonchev–Trinajstić information content (AvgIpc) is 2.43. The maximum absolute atomic E-state index is 6.14. The fourth-order valence-electron chi connectivity index (χ4n) is 2.02. The minimum Gasteiger partial charge on any atom is -0.354 e. The third-order valence-electron chi connectivity index (χ3n) is 2.96. The second-order valence-electron chi connectivity index (χ2n) is 4.31. The molecular weight excluding hydrogens is 277 g/mol. The van der Waals surface area contributed by atoms with E-state index in [0.29, 0.717) is 10.0 Å². The Labute approximate surface area is 121 Å². The van der Waals surface area contributed by atoms with E-state index in [0.717, 1.165) is 11.4 Å². The molecule has 1 nitrogen and oxygen atoms in total. The molecule has 0 aromatic heterocycles. The lowest BCUT2D eigenvalue weighted by molar-refractivity contribution is 1.57. The van der Waals surface area contributed by atoms with Gasteiger partial charge in [-0.15, -0.1) is 0 Å². The highest BCUT2D eigenvalue weighted by Crippen LogP contribution is 2.29. The van der Waals surface area contributed by atoms with Gasteiger partial charge >= 0.3 is 0 Å². The Morgan fingerprint density at radius 3 is 2.37 bits per heavy atom. The third kappa shape index (κ3) is 2.67. The van der Waals surface area contributed by atoms with Gasteiger partial charge in [0.1, 0.15) is 0 Å². The Balaban J connectivity index is 1.98. The van der Waals surface area contributed by atoms with Crippen molar-refractivity contribution in [3.63, 3.8) is 0 Å². The van der Waals surface area contributed by atoms with E-state index in [1.807, 2.05) is 24.3 Å². The average molecular weight is 288 g/mol. The lowest BCUT2D eigenvalue weighted by Gasteiger charge is -2.09. The SMILES string of the molecule is Clc1ccc(Cl)c(Nc2ccc3ccccc3c2)c1. The van der Waals surface area contributed by atoms with Crippen LogP contribution in [0.4, 0.5) is 11.4 Å². The normalized spacial score (nSPS) is 10.6. The molecule has 0 saturated heterocycles. The predicted molar refractivity (Wildman–Crippen MR) is 83.7 cm³/mol. The number of benzene rings is 3. The number of fused-ring (bicyclic) bond motifs is 1. The molecule has 0 heterocycles. The van der Waals surface area contributed by atoms with Crippen LogP contribution in [-0.4, -0.2) is 0 Å². The number of hydrogen-bond acceptors (Lipinski definition) is 1. The Morgan fingerprint density at radius 1 is 0.737 bits per heavy atom. The van der Waals surface area contributed by atoms with E-state index >= 15 is 0 Å². The van der Waals surface area contributed by atoms with Gasteiger partial charge in [-0.1, -0.05) is 53.5 Å². The zero-order chi connectivity index (χ0) is 13.2. The lowest BCUT2D eigenvalue weighted by Crippen LogP contribution is -1.91. The van der Waals surface area contributed by atoms with Crippen molar-refractivity contribution in [3.8, 4) is 0 Å². The Hall–Kier alpha value is -1.70. The van der Waals surface area contributed by atoms with Crippen LogP contribution >= 0.6 is 23.2 Å². The molecule has 0 amide bonds. The maximum atomic E-state index is 6.14. The highest BCUT2D eigenvalue weighted by Gasteiger charge is 2.02. The van der Waals surface area contributed by atoms with E-state index in [4.69, 9.17) is 23.2 Å². The first-order valence-electron chi connectivity index (χ1n) is 5.93. The van der Waals surface area contributed by atoms with Gasteiger partial charge < -0.3 is 5.32 Å². The molecule has 0 fully saturated rings. The second kappa shape index (κ2) is 5.12. The molecule has 0 aliphatic rings. The van der Waals surface area contributed by atoms with Crippen molar-refractivity contribution in [1.82, 2.24) is 0 Å². The molecule has 0 aliphatic heterocycles. The summed E-state index contributed by atoms with van der Waals surface area (Å²) in [5.74, 6) is 0.